The van der Waals surface area contributed by atoms with E-state index in [1.165, 1.54) is 11.3 Å². The summed E-state index contributed by atoms with van der Waals surface area (Å²) in [5, 5.41) is 0. The Morgan fingerprint density at radius 2 is 2.12 bits per heavy atom. The van der Waals surface area contributed by atoms with Crippen molar-refractivity contribution < 1.29 is 4.79 Å². The number of halogens is 2. The molecule has 0 aliphatic heterocycles. The Morgan fingerprint density at radius 3 is 2.53 bits per heavy atom. The largest absolute Gasteiger partial charge is 0.340 e. The van der Waals surface area contributed by atoms with E-state index in [-0.39, 0.29) is 23.7 Å². The summed E-state index contributed by atoms with van der Waals surface area (Å²) >= 11 is 4.80. The third-order valence-corrected chi connectivity index (χ3v) is 3.96. The summed E-state index contributed by atoms with van der Waals surface area (Å²) in [6, 6.07) is 3.73. The van der Waals surface area contributed by atoms with Crippen molar-refractivity contribution in [3.8, 4) is 0 Å². The van der Waals surface area contributed by atoms with Gasteiger partial charge in [-0.25, -0.2) is 0 Å². The van der Waals surface area contributed by atoms with E-state index >= 15 is 0 Å². The highest BCUT2D eigenvalue weighted by molar-refractivity contribution is 9.11. The van der Waals surface area contributed by atoms with Crippen LogP contribution in [0.25, 0.3) is 0 Å². The number of hydrogen-bond acceptors (Lipinski definition) is 3. The van der Waals surface area contributed by atoms with Gasteiger partial charge >= 0.3 is 0 Å². The Morgan fingerprint density at radius 1 is 1.53 bits per heavy atom. The van der Waals surface area contributed by atoms with E-state index in [0.29, 0.717) is 13.1 Å². The van der Waals surface area contributed by atoms with Crippen molar-refractivity contribution in [2.75, 3.05) is 20.1 Å². The number of amides is 1. The molecule has 0 fully saturated rings. The first-order valence-electron chi connectivity index (χ1n) is 5.06. The Labute approximate surface area is 121 Å². The average Bonchev–Trinajstić information content (AvgIpc) is 2.63. The highest BCUT2D eigenvalue weighted by atomic mass is 79.9. The summed E-state index contributed by atoms with van der Waals surface area (Å²) in [5.41, 5.74) is 5.61. The zero-order valence-electron chi connectivity index (χ0n) is 10.2. The molecule has 6 heteroatoms. The summed E-state index contributed by atoms with van der Waals surface area (Å²) in [5.74, 6) is 0.0530. The lowest BCUT2D eigenvalue weighted by molar-refractivity contribution is 0.0745. The Balaban J connectivity index is 0.00000256. The van der Waals surface area contributed by atoms with E-state index in [9.17, 15) is 4.79 Å². The third kappa shape index (κ3) is 4.95. The number of carbonyl (C=O) groups excluding carboxylic acids is 1. The molecule has 1 heterocycles. The fraction of sp³-hybridized carbons (Fsp3) is 0.545. The van der Waals surface area contributed by atoms with Gasteiger partial charge in [-0.3, -0.25) is 4.79 Å². The molecule has 0 saturated carbocycles. The molecular formula is C11H18BrClN2OS. The Hall–Kier alpha value is -0.100. The van der Waals surface area contributed by atoms with Crippen LogP contribution in [0, 0.1) is 5.41 Å². The van der Waals surface area contributed by atoms with Crippen molar-refractivity contribution in [2.45, 2.75) is 13.8 Å². The van der Waals surface area contributed by atoms with Crippen molar-refractivity contribution in [1.82, 2.24) is 4.90 Å². The number of nitrogens with zero attached hydrogens (tertiary/aromatic N) is 1. The quantitative estimate of drug-likeness (QED) is 0.915. The minimum absolute atomic E-state index is 0. The molecule has 0 saturated heterocycles. The molecule has 0 bridgehead atoms. The van der Waals surface area contributed by atoms with E-state index in [1.807, 2.05) is 19.2 Å². The van der Waals surface area contributed by atoms with Gasteiger partial charge in [0, 0.05) is 13.6 Å². The van der Waals surface area contributed by atoms with E-state index in [0.717, 1.165) is 8.66 Å². The SMILES string of the molecule is CN(CC(C)(C)CN)C(=O)c1ccc(Br)s1.Cl. The number of nitrogens with two attached hydrogens (primary N) is 1. The van der Waals surface area contributed by atoms with Gasteiger partial charge in [0.05, 0.1) is 8.66 Å². The normalized spacial score (nSPS) is 10.9. The molecular weight excluding hydrogens is 324 g/mol. The highest BCUT2D eigenvalue weighted by Crippen LogP contribution is 2.24. The van der Waals surface area contributed by atoms with Crippen molar-refractivity contribution in [1.29, 1.82) is 0 Å². The minimum Gasteiger partial charge on any atom is -0.340 e. The number of carbonyl (C=O) groups is 1. The van der Waals surface area contributed by atoms with Crippen LogP contribution in [-0.2, 0) is 0 Å². The molecule has 0 aromatic carbocycles. The molecule has 3 nitrogen and oxygen atoms in total. The van der Waals surface area contributed by atoms with Crippen molar-refractivity contribution in [2.24, 2.45) is 11.1 Å². The van der Waals surface area contributed by atoms with Crippen LogP contribution in [0.2, 0.25) is 0 Å². The van der Waals surface area contributed by atoms with Gasteiger partial charge in [0.1, 0.15) is 0 Å². The lowest BCUT2D eigenvalue weighted by Crippen LogP contribution is -2.39. The number of rotatable bonds is 4. The first-order valence-corrected chi connectivity index (χ1v) is 6.67. The van der Waals surface area contributed by atoms with Gasteiger partial charge in [0.15, 0.2) is 0 Å². The van der Waals surface area contributed by atoms with Gasteiger partial charge in [0.25, 0.3) is 5.91 Å². The zero-order valence-corrected chi connectivity index (χ0v) is 13.4. The Bertz CT molecular complexity index is 381. The van der Waals surface area contributed by atoms with Crippen molar-refractivity contribution >= 4 is 45.6 Å². The second-order valence-electron chi connectivity index (χ2n) is 4.63. The van der Waals surface area contributed by atoms with E-state index in [4.69, 9.17) is 5.73 Å². The lowest BCUT2D eigenvalue weighted by Gasteiger charge is -2.28. The van der Waals surface area contributed by atoms with Crippen molar-refractivity contribution in [3.63, 3.8) is 0 Å². The lowest BCUT2D eigenvalue weighted by atomic mass is 9.93. The van der Waals surface area contributed by atoms with Gasteiger partial charge in [-0.05, 0) is 40.0 Å². The smallest absolute Gasteiger partial charge is 0.263 e. The predicted molar refractivity (Wildman–Crippen MR) is 79.1 cm³/mol. The van der Waals surface area contributed by atoms with Crippen LogP contribution in [0.4, 0.5) is 0 Å². The number of hydrogen-bond donors (Lipinski definition) is 1. The van der Waals surface area contributed by atoms with E-state index < -0.39 is 0 Å². The molecule has 0 aliphatic carbocycles. The maximum Gasteiger partial charge on any atom is 0.263 e. The molecule has 1 aromatic heterocycles. The predicted octanol–water partition coefficient (Wildman–Crippen LogP) is 2.99. The van der Waals surface area contributed by atoms with Gasteiger partial charge in [-0.1, -0.05) is 13.8 Å². The highest BCUT2D eigenvalue weighted by Gasteiger charge is 2.22. The molecule has 0 aliphatic rings. The summed E-state index contributed by atoms with van der Waals surface area (Å²) < 4.78 is 0.974. The molecule has 1 aromatic rings. The molecule has 0 radical (unpaired) electrons. The van der Waals surface area contributed by atoms with Crippen LogP contribution in [0.5, 0.6) is 0 Å². The van der Waals surface area contributed by atoms with Crippen LogP contribution in [0.1, 0.15) is 23.5 Å². The van der Waals surface area contributed by atoms with Gasteiger partial charge in [0.2, 0.25) is 0 Å². The van der Waals surface area contributed by atoms with Gasteiger partial charge < -0.3 is 10.6 Å². The van der Waals surface area contributed by atoms with Gasteiger partial charge in [-0.15, -0.1) is 23.7 Å². The maximum atomic E-state index is 12.0. The van der Waals surface area contributed by atoms with E-state index in [1.54, 1.807) is 4.90 Å². The second kappa shape index (κ2) is 6.73. The first kappa shape index (κ1) is 16.9. The van der Waals surface area contributed by atoms with Crippen LogP contribution in [-0.4, -0.2) is 30.9 Å². The molecule has 2 N–H and O–H groups in total. The van der Waals surface area contributed by atoms with Crippen LogP contribution >= 0.6 is 39.7 Å². The third-order valence-electron chi connectivity index (χ3n) is 2.35. The van der Waals surface area contributed by atoms with Crippen molar-refractivity contribution in [3.05, 3.63) is 20.8 Å². The van der Waals surface area contributed by atoms with Crippen LogP contribution in [0.15, 0.2) is 15.9 Å². The van der Waals surface area contributed by atoms with Crippen LogP contribution < -0.4 is 5.73 Å². The molecule has 1 amide bonds. The molecule has 0 atom stereocenters. The second-order valence-corrected chi connectivity index (χ2v) is 7.10. The van der Waals surface area contributed by atoms with E-state index in [2.05, 4.69) is 29.8 Å². The fourth-order valence-electron chi connectivity index (χ4n) is 1.40. The summed E-state index contributed by atoms with van der Waals surface area (Å²) in [4.78, 5) is 14.5. The topological polar surface area (TPSA) is 46.3 Å². The average molecular weight is 342 g/mol. The Kier molecular flexibility index (Phi) is 6.69. The monoisotopic (exact) mass is 340 g/mol. The molecule has 0 spiro atoms. The first-order chi connectivity index (χ1) is 7.35. The van der Waals surface area contributed by atoms with Crippen LogP contribution in [0.3, 0.4) is 0 Å². The zero-order chi connectivity index (χ0) is 12.3. The molecule has 17 heavy (non-hydrogen) atoms. The molecule has 98 valence electrons. The summed E-state index contributed by atoms with van der Waals surface area (Å²) in [7, 11) is 1.81. The molecule has 0 unspecified atom stereocenters. The summed E-state index contributed by atoms with van der Waals surface area (Å²) in [6.07, 6.45) is 0. The molecule has 1 rings (SSSR count). The number of thiophene rings is 1. The standard InChI is InChI=1S/C11H17BrN2OS.ClH/c1-11(2,6-13)7-14(3)10(15)8-4-5-9(12)16-8;/h4-5H,6-7,13H2,1-3H3;1H. The van der Waals surface area contributed by atoms with Gasteiger partial charge in [-0.2, -0.15) is 0 Å². The minimum atomic E-state index is -0.0428. The maximum absolute atomic E-state index is 12.0. The fourth-order valence-corrected chi connectivity index (χ4v) is 2.78. The summed E-state index contributed by atoms with van der Waals surface area (Å²) in [6.45, 7) is 5.35.